The normalized spacial score (nSPS) is 11.1. The maximum absolute atomic E-state index is 13.8. The van der Waals surface area contributed by atoms with E-state index in [4.69, 9.17) is 4.74 Å². The highest BCUT2D eigenvalue weighted by Gasteiger charge is 2.15. The molecule has 0 aliphatic heterocycles. The largest absolute Gasteiger partial charge is 0.497 e. The number of aromatic nitrogens is 4. The highest BCUT2D eigenvalue weighted by Crippen LogP contribution is 2.31. The molecule has 0 unspecified atom stereocenters. The van der Waals surface area contributed by atoms with Crippen molar-refractivity contribution in [1.29, 1.82) is 0 Å². The molecule has 0 atom stereocenters. The Balaban J connectivity index is 1.81. The van der Waals surface area contributed by atoms with Crippen LogP contribution in [-0.4, -0.2) is 27.5 Å². The number of rotatable bonds is 3. The van der Waals surface area contributed by atoms with Crippen molar-refractivity contribution < 1.29 is 9.13 Å². The van der Waals surface area contributed by atoms with Crippen molar-refractivity contribution in [3.05, 3.63) is 53.8 Å². The van der Waals surface area contributed by atoms with E-state index in [1.807, 2.05) is 30.3 Å². The van der Waals surface area contributed by atoms with E-state index in [9.17, 15) is 4.39 Å². The molecular formula is C18H15FN4O. The molecule has 2 aromatic carbocycles. The van der Waals surface area contributed by atoms with Gasteiger partial charge in [0.2, 0.25) is 0 Å². The van der Waals surface area contributed by atoms with E-state index in [2.05, 4.69) is 20.4 Å². The molecule has 0 aliphatic rings. The summed E-state index contributed by atoms with van der Waals surface area (Å²) in [7, 11) is 1.63. The molecule has 0 bridgehead atoms. The summed E-state index contributed by atoms with van der Waals surface area (Å²) >= 11 is 0. The number of nitrogens with one attached hydrogen (secondary N) is 2. The molecule has 0 fully saturated rings. The number of aromatic amines is 2. The maximum atomic E-state index is 13.8. The first kappa shape index (κ1) is 14.4. The van der Waals surface area contributed by atoms with Crippen LogP contribution < -0.4 is 4.74 Å². The number of methoxy groups -OCH3 is 1. The number of hydrogen-bond acceptors (Lipinski definition) is 3. The first-order valence-electron chi connectivity index (χ1n) is 7.50. The Morgan fingerprint density at radius 2 is 1.75 bits per heavy atom. The quantitative estimate of drug-likeness (QED) is 0.597. The number of fused-ring (bicyclic) bond motifs is 1. The Morgan fingerprint density at radius 3 is 2.50 bits per heavy atom. The zero-order valence-corrected chi connectivity index (χ0v) is 13.2. The number of nitrogens with zero attached hydrogens (tertiary/aromatic N) is 2. The van der Waals surface area contributed by atoms with Crippen LogP contribution in [0.15, 0.2) is 42.5 Å². The lowest BCUT2D eigenvalue weighted by Crippen LogP contribution is -1.86. The number of ether oxygens (including phenoxy) is 1. The van der Waals surface area contributed by atoms with Crippen LogP contribution in [0.4, 0.5) is 4.39 Å². The number of aryl methyl sites for hydroxylation is 1. The Labute approximate surface area is 137 Å². The zero-order chi connectivity index (χ0) is 16.7. The molecule has 0 saturated heterocycles. The van der Waals surface area contributed by atoms with Gasteiger partial charge in [0.15, 0.2) is 0 Å². The summed E-state index contributed by atoms with van der Waals surface area (Å²) in [6.45, 7) is 1.74. The first-order chi connectivity index (χ1) is 11.7. The van der Waals surface area contributed by atoms with Gasteiger partial charge >= 0.3 is 0 Å². The first-order valence-corrected chi connectivity index (χ1v) is 7.50. The Kier molecular flexibility index (Phi) is 3.30. The summed E-state index contributed by atoms with van der Waals surface area (Å²) in [6.07, 6.45) is 0. The lowest BCUT2D eigenvalue weighted by molar-refractivity contribution is 0.415. The number of halogens is 1. The average molecular weight is 322 g/mol. The molecule has 2 N–H and O–H groups in total. The van der Waals surface area contributed by atoms with Gasteiger partial charge in [-0.3, -0.25) is 0 Å². The molecule has 5 nitrogen and oxygen atoms in total. The van der Waals surface area contributed by atoms with E-state index < -0.39 is 0 Å². The number of hydrogen-bond donors (Lipinski definition) is 2. The Bertz CT molecular complexity index is 978. The van der Waals surface area contributed by atoms with Gasteiger partial charge in [0.25, 0.3) is 0 Å². The molecule has 0 amide bonds. The fourth-order valence-corrected chi connectivity index (χ4v) is 2.76. The SMILES string of the molecule is COc1ccc(-c2n[nH]nc2-c2cc3cc(F)c(C)cc3[nH]2)cc1. The van der Waals surface area contributed by atoms with Crippen molar-refractivity contribution in [3.63, 3.8) is 0 Å². The predicted molar refractivity (Wildman–Crippen MR) is 90.4 cm³/mol. The van der Waals surface area contributed by atoms with Crippen LogP contribution in [0, 0.1) is 12.7 Å². The third-order valence-corrected chi connectivity index (χ3v) is 4.07. The van der Waals surface area contributed by atoms with Crippen molar-refractivity contribution in [2.45, 2.75) is 6.92 Å². The predicted octanol–water partition coefficient (Wildman–Crippen LogP) is 4.08. The Morgan fingerprint density at radius 1 is 1.00 bits per heavy atom. The second-order valence-electron chi connectivity index (χ2n) is 5.62. The van der Waals surface area contributed by atoms with Gasteiger partial charge < -0.3 is 9.72 Å². The summed E-state index contributed by atoms with van der Waals surface area (Å²) in [6, 6.07) is 12.8. The van der Waals surface area contributed by atoms with Crippen molar-refractivity contribution in [3.8, 4) is 28.4 Å². The molecule has 4 rings (SSSR count). The summed E-state index contributed by atoms with van der Waals surface area (Å²) < 4.78 is 18.9. The van der Waals surface area contributed by atoms with E-state index in [0.29, 0.717) is 11.3 Å². The molecule has 120 valence electrons. The van der Waals surface area contributed by atoms with E-state index in [0.717, 1.165) is 33.6 Å². The Hall–Kier alpha value is -3.15. The van der Waals surface area contributed by atoms with Gasteiger partial charge in [-0.25, -0.2) is 4.39 Å². The van der Waals surface area contributed by atoms with Crippen molar-refractivity contribution >= 4 is 10.9 Å². The minimum Gasteiger partial charge on any atom is -0.497 e. The van der Waals surface area contributed by atoms with E-state index in [1.165, 1.54) is 6.07 Å². The molecule has 0 spiro atoms. The minimum absolute atomic E-state index is 0.219. The highest BCUT2D eigenvalue weighted by molar-refractivity contribution is 5.88. The van der Waals surface area contributed by atoms with Crippen LogP contribution >= 0.6 is 0 Å². The van der Waals surface area contributed by atoms with Gasteiger partial charge in [-0.2, -0.15) is 15.4 Å². The van der Waals surface area contributed by atoms with E-state index in [-0.39, 0.29) is 5.82 Å². The van der Waals surface area contributed by atoms with Crippen LogP contribution in [0.2, 0.25) is 0 Å². The monoisotopic (exact) mass is 322 g/mol. The smallest absolute Gasteiger partial charge is 0.137 e. The van der Waals surface area contributed by atoms with Crippen LogP contribution in [0.5, 0.6) is 5.75 Å². The molecule has 0 aliphatic carbocycles. The summed E-state index contributed by atoms with van der Waals surface area (Å²) in [5.41, 5.74) is 4.59. The van der Waals surface area contributed by atoms with Gasteiger partial charge in [-0.05, 0) is 55.0 Å². The molecule has 0 radical (unpaired) electrons. The second kappa shape index (κ2) is 5.49. The van der Waals surface area contributed by atoms with Crippen LogP contribution in [0.1, 0.15) is 5.56 Å². The molecule has 2 aromatic heterocycles. The highest BCUT2D eigenvalue weighted by atomic mass is 19.1. The van der Waals surface area contributed by atoms with Gasteiger partial charge in [0, 0.05) is 16.5 Å². The zero-order valence-electron chi connectivity index (χ0n) is 13.2. The third-order valence-electron chi connectivity index (χ3n) is 4.07. The van der Waals surface area contributed by atoms with Gasteiger partial charge in [-0.1, -0.05) is 0 Å². The summed E-state index contributed by atoms with van der Waals surface area (Å²) in [5, 5.41) is 12.0. The topological polar surface area (TPSA) is 66.6 Å². The molecule has 2 heterocycles. The number of benzene rings is 2. The number of H-pyrrole nitrogens is 2. The van der Waals surface area contributed by atoms with Gasteiger partial charge in [0.05, 0.1) is 12.8 Å². The van der Waals surface area contributed by atoms with E-state index >= 15 is 0 Å². The van der Waals surface area contributed by atoms with Crippen LogP contribution in [0.25, 0.3) is 33.5 Å². The lowest BCUT2D eigenvalue weighted by Gasteiger charge is -2.02. The van der Waals surface area contributed by atoms with Crippen LogP contribution in [0.3, 0.4) is 0 Å². The molecule has 24 heavy (non-hydrogen) atoms. The average Bonchev–Trinajstić information content (AvgIpc) is 3.22. The van der Waals surface area contributed by atoms with Gasteiger partial charge in [-0.15, -0.1) is 0 Å². The maximum Gasteiger partial charge on any atom is 0.137 e. The van der Waals surface area contributed by atoms with Crippen molar-refractivity contribution in [2.75, 3.05) is 7.11 Å². The summed E-state index contributed by atoms with van der Waals surface area (Å²) in [5.74, 6) is 0.559. The fourth-order valence-electron chi connectivity index (χ4n) is 2.76. The van der Waals surface area contributed by atoms with E-state index in [1.54, 1.807) is 20.1 Å². The van der Waals surface area contributed by atoms with Crippen molar-refractivity contribution in [1.82, 2.24) is 20.4 Å². The second-order valence-corrected chi connectivity index (χ2v) is 5.62. The lowest BCUT2D eigenvalue weighted by atomic mass is 10.1. The minimum atomic E-state index is -0.219. The van der Waals surface area contributed by atoms with Gasteiger partial charge in [0.1, 0.15) is 23.0 Å². The fraction of sp³-hybridized carbons (Fsp3) is 0.111. The molecule has 4 aromatic rings. The molecule has 0 saturated carbocycles. The molecular weight excluding hydrogens is 307 g/mol. The van der Waals surface area contributed by atoms with Crippen LogP contribution in [-0.2, 0) is 0 Å². The molecule has 6 heteroatoms. The third kappa shape index (κ3) is 2.32. The van der Waals surface area contributed by atoms with Crippen molar-refractivity contribution in [2.24, 2.45) is 0 Å². The summed E-state index contributed by atoms with van der Waals surface area (Å²) in [4.78, 5) is 3.28. The standard InChI is InChI=1S/C18H15FN4O/c1-10-7-15-12(8-14(10)19)9-16(20-15)18-17(21-23-22-18)11-3-5-13(24-2)6-4-11/h3-9,20H,1-2H3,(H,21,22,23).